The number of rotatable bonds is 6. The Kier molecular flexibility index (Phi) is 7.38. The van der Waals surface area contributed by atoms with E-state index in [9.17, 15) is 4.79 Å². The predicted octanol–water partition coefficient (Wildman–Crippen LogP) is 3.19. The van der Waals surface area contributed by atoms with Crippen LogP contribution in [0.15, 0.2) is 0 Å². The van der Waals surface area contributed by atoms with Crippen LogP contribution in [0.1, 0.15) is 58.8 Å². The van der Waals surface area contributed by atoms with Crippen LogP contribution in [-0.2, 0) is 4.79 Å². The second-order valence-electron chi connectivity index (χ2n) is 6.72. The van der Waals surface area contributed by atoms with Crippen LogP contribution in [0.2, 0.25) is 0 Å². The highest BCUT2D eigenvalue weighted by Gasteiger charge is 2.28. The molecule has 2 fully saturated rings. The minimum atomic E-state index is 0.287. The van der Waals surface area contributed by atoms with E-state index in [2.05, 4.69) is 24.5 Å². The summed E-state index contributed by atoms with van der Waals surface area (Å²) in [6, 6.07) is 0.413. The number of carbonyl (C=O) groups is 1. The van der Waals surface area contributed by atoms with Crippen LogP contribution in [0.25, 0.3) is 0 Å². The molecule has 21 heavy (non-hydrogen) atoms. The molecule has 1 aliphatic carbocycles. The molecule has 4 heteroatoms. The second-order valence-corrected chi connectivity index (χ2v) is 8.24. The van der Waals surface area contributed by atoms with Crippen molar-refractivity contribution in [1.82, 2.24) is 10.6 Å². The summed E-state index contributed by atoms with van der Waals surface area (Å²) < 4.78 is 0. The molecule has 3 nitrogen and oxygen atoms in total. The number of hydrogen-bond donors (Lipinski definition) is 2. The standard InChI is InChI=1S/C17H32N2OS/c1-3-21-16-7-5-4-6-15(16)19-17(20)12-13(2)14-8-10-18-11-9-14/h13-16,18H,3-12H2,1-2H3,(H,19,20). The Labute approximate surface area is 134 Å². The maximum atomic E-state index is 12.4. The number of nitrogens with one attached hydrogen (secondary N) is 2. The van der Waals surface area contributed by atoms with E-state index in [4.69, 9.17) is 0 Å². The topological polar surface area (TPSA) is 41.1 Å². The van der Waals surface area contributed by atoms with Gasteiger partial charge in [-0.15, -0.1) is 0 Å². The molecule has 2 N–H and O–H groups in total. The summed E-state index contributed by atoms with van der Waals surface area (Å²) in [5.41, 5.74) is 0. The van der Waals surface area contributed by atoms with Gasteiger partial charge in [-0.3, -0.25) is 4.79 Å². The van der Waals surface area contributed by atoms with Crippen LogP contribution in [0.5, 0.6) is 0 Å². The minimum absolute atomic E-state index is 0.287. The Bertz CT molecular complexity index is 316. The molecule has 2 rings (SSSR count). The summed E-state index contributed by atoms with van der Waals surface area (Å²) in [5, 5.41) is 7.39. The van der Waals surface area contributed by atoms with Crippen LogP contribution in [0.3, 0.4) is 0 Å². The summed E-state index contributed by atoms with van der Waals surface area (Å²) in [6.45, 7) is 6.72. The van der Waals surface area contributed by atoms with E-state index in [0.29, 0.717) is 23.6 Å². The molecule has 3 atom stereocenters. The van der Waals surface area contributed by atoms with Gasteiger partial charge in [0.15, 0.2) is 0 Å². The first-order valence-electron chi connectivity index (χ1n) is 8.82. The van der Waals surface area contributed by atoms with Crippen molar-refractivity contribution >= 4 is 17.7 Å². The van der Waals surface area contributed by atoms with Gasteiger partial charge >= 0.3 is 0 Å². The van der Waals surface area contributed by atoms with Gasteiger partial charge in [0.25, 0.3) is 0 Å². The number of amides is 1. The molecular weight excluding hydrogens is 280 g/mol. The molecule has 2 aliphatic rings. The smallest absolute Gasteiger partial charge is 0.220 e. The van der Waals surface area contributed by atoms with E-state index in [-0.39, 0.29) is 5.91 Å². The first-order valence-corrected chi connectivity index (χ1v) is 9.87. The number of hydrogen-bond acceptors (Lipinski definition) is 3. The summed E-state index contributed by atoms with van der Waals surface area (Å²) in [6.07, 6.45) is 8.21. The molecule has 0 aromatic carbocycles. The zero-order valence-electron chi connectivity index (χ0n) is 13.7. The zero-order chi connectivity index (χ0) is 15.1. The molecule has 1 amide bonds. The average Bonchev–Trinajstić information content (AvgIpc) is 2.50. The van der Waals surface area contributed by atoms with Gasteiger partial charge in [-0.1, -0.05) is 26.7 Å². The van der Waals surface area contributed by atoms with Crippen molar-refractivity contribution in [1.29, 1.82) is 0 Å². The molecular formula is C17H32N2OS. The van der Waals surface area contributed by atoms with Crippen molar-refractivity contribution in [2.24, 2.45) is 11.8 Å². The lowest BCUT2D eigenvalue weighted by molar-refractivity contribution is -0.123. The van der Waals surface area contributed by atoms with Crippen LogP contribution >= 0.6 is 11.8 Å². The molecule has 122 valence electrons. The lowest BCUT2D eigenvalue weighted by atomic mass is 9.84. The third-order valence-electron chi connectivity index (χ3n) is 5.13. The fourth-order valence-electron chi connectivity index (χ4n) is 3.81. The summed E-state index contributed by atoms with van der Waals surface area (Å²) in [7, 11) is 0. The van der Waals surface area contributed by atoms with Gasteiger partial charge in [0.05, 0.1) is 0 Å². The minimum Gasteiger partial charge on any atom is -0.352 e. The molecule has 1 heterocycles. The lowest BCUT2D eigenvalue weighted by Gasteiger charge is -2.33. The van der Waals surface area contributed by atoms with Gasteiger partial charge in [0.2, 0.25) is 5.91 Å². The Hall–Kier alpha value is -0.220. The highest BCUT2D eigenvalue weighted by molar-refractivity contribution is 7.99. The van der Waals surface area contributed by atoms with E-state index < -0.39 is 0 Å². The predicted molar refractivity (Wildman–Crippen MR) is 91.7 cm³/mol. The monoisotopic (exact) mass is 312 g/mol. The Morgan fingerprint density at radius 2 is 1.95 bits per heavy atom. The highest BCUT2D eigenvalue weighted by atomic mass is 32.2. The second kappa shape index (κ2) is 9.04. The first kappa shape index (κ1) is 17.1. The number of piperidine rings is 1. The van der Waals surface area contributed by atoms with Crippen LogP contribution in [-0.4, -0.2) is 36.0 Å². The fourth-order valence-corrected chi connectivity index (χ4v) is 5.01. The summed E-state index contributed by atoms with van der Waals surface area (Å²) >= 11 is 2.03. The molecule has 0 bridgehead atoms. The van der Waals surface area contributed by atoms with Crippen molar-refractivity contribution in [2.45, 2.75) is 70.1 Å². The van der Waals surface area contributed by atoms with Crippen LogP contribution < -0.4 is 10.6 Å². The zero-order valence-corrected chi connectivity index (χ0v) is 14.5. The SMILES string of the molecule is CCSC1CCCCC1NC(=O)CC(C)C1CCNCC1. The summed E-state index contributed by atoms with van der Waals surface area (Å²) in [4.78, 5) is 12.4. The van der Waals surface area contributed by atoms with Crippen molar-refractivity contribution in [2.75, 3.05) is 18.8 Å². The van der Waals surface area contributed by atoms with Gasteiger partial charge in [-0.05, 0) is 56.4 Å². The maximum Gasteiger partial charge on any atom is 0.220 e. The van der Waals surface area contributed by atoms with E-state index in [0.717, 1.165) is 24.8 Å². The van der Waals surface area contributed by atoms with Crippen molar-refractivity contribution < 1.29 is 4.79 Å². The number of carbonyl (C=O) groups excluding carboxylic acids is 1. The molecule has 1 saturated carbocycles. The van der Waals surface area contributed by atoms with Gasteiger partial charge in [0, 0.05) is 17.7 Å². The normalized spacial score (nSPS) is 29.0. The van der Waals surface area contributed by atoms with Crippen LogP contribution in [0.4, 0.5) is 0 Å². The molecule has 1 aliphatic heterocycles. The van der Waals surface area contributed by atoms with Gasteiger partial charge in [-0.25, -0.2) is 0 Å². The molecule has 1 saturated heterocycles. The summed E-state index contributed by atoms with van der Waals surface area (Å²) in [5.74, 6) is 2.69. The third-order valence-corrected chi connectivity index (χ3v) is 6.45. The van der Waals surface area contributed by atoms with Crippen molar-refractivity contribution in [3.05, 3.63) is 0 Å². The lowest BCUT2D eigenvalue weighted by Crippen LogP contribution is -2.44. The first-order chi connectivity index (χ1) is 10.2. The maximum absolute atomic E-state index is 12.4. The third kappa shape index (κ3) is 5.48. The molecule has 0 spiro atoms. The van der Waals surface area contributed by atoms with Gasteiger partial charge in [-0.2, -0.15) is 11.8 Å². The Morgan fingerprint density at radius 1 is 1.24 bits per heavy atom. The van der Waals surface area contributed by atoms with Crippen molar-refractivity contribution in [3.8, 4) is 0 Å². The van der Waals surface area contributed by atoms with E-state index >= 15 is 0 Å². The molecule has 3 unspecified atom stereocenters. The van der Waals surface area contributed by atoms with E-state index in [1.54, 1.807) is 0 Å². The number of thioether (sulfide) groups is 1. The largest absolute Gasteiger partial charge is 0.352 e. The van der Waals surface area contributed by atoms with E-state index in [1.165, 1.54) is 38.5 Å². The molecule has 0 radical (unpaired) electrons. The molecule has 0 aromatic rings. The fraction of sp³-hybridized carbons (Fsp3) is 0.941. The average molecular weight is 313 g/mol. The highest BCUT2D eigenvalue weighted by Crippen LogP contribution is 2.29. The van der Waals surface area contributed by atoms with Gasteiger partial charge in [0.1, 0.15) is 0 Å². The van der Waals surface area contributed by atoms with Crippen LogP contribution in [0, 0.1) is 11.8 Å². The van der Waals surface area contributed by atoms with Gasteiger partial charge < -0.3 is 10.6 Å². The van der Waals surface area contributed by atoms with E-state index in [1.807, 2.05) is 11.8 Å². The van der Waals surface area contributed by atoms with Crippen molar-refractivity contribution in [3.63, 3.8) is 0 Å². The molecule has 0 aromatic heterocycles. The quantitative estimate of drug-likeness (QED) is 0.791. The Morgan fingerprint density at radius 3 is 2.67 bits per heavy atom. The Balaban J connectivity index is 1.76.